The Morgan fingerprint density at radius 1 is 1.45 bits per heavy atom. The van der Waals surface area contributed by atoms with Crippen molar-refractivity contribution < 1.29 is 9.53 Å². The highest BCUT2D eigenvalue weighted by molar-refractivity contribution is 5.77. The lowest BCUT2D eigenvalue weighted by atomic mass is 9.77. The largest absolute Gasteiger partial charge is 0.378 e. The Bertz CT molecular complexity index is 175. The fraction of sp³-hybridized carbons (Fsp3) is 0.875. The molecule has 0 aromatic carbocycles. The van der Waals surface area contributed by atoms with E-state index in [1.165, 1.54) is 6.42 Å². The predicted molar refractivity (Wildman–Crippen MR) is 40.2 cm³/mol. The van der Waals surface area contributed by atoms with E-state index < -0.39 is 0 Å². The molecule has 1 amide bonds. The minimum absolute atomic E-state index is 0.0353. The SMILES string of the molecule is O=C1CCOCC2(CCC2)N1. The van der Waals surface area contributed by atoms with Gasteiger partial charge in [-0.1, -0.05) is 0 Å². The summed E-state index contributed by atoms with van der Waals surface area (Å²) in [5.41, 5.74) is 0.0353. The third kappa shape index (κ3) is 1.25. The van der Waals surface area contributed by atoms with E-state index in [0.29, 0.717) is 13.0 Å². The normalized spacial score (nSPS) is 28.9. The lowest BCUT2D eigenvalue weighted by Crippen LogP contribution is -2.55. The predicted octanol–water partition coefficient (Wildman–Crippen LogP) is 0.446. The van der Waals surface area contributed by atoms with Crippen molar-refractivity contribution in [3.63, 3.8) is 0 Å². The molecule has 0 radical (unpaired) electrons. The second-order valence-electron chi connectivity index (χ2n) is 3.48. The topological polar surface area (TPSA) is 38.3 Å². The molecule has 3 nitrogen and oxygen atoms in total. The average Bonchev–Trinajstić information content (AvgIpc) is 2.09. The molecule has 1 saturated carbocycles. The van der Waals surface area contributed by atoms with Gasteiger partial charge in [0.15, 0.2) is 0 Å². The molecule has 1 spiro atoms. The summed E-state index contributed by atoms with van der Waals surface area (Å²) >= 11 is 0. The van der Waals surface area contributed by atoms with Crippen LogP contribution in [0.3, 0.4) is 0 Å². The number of hydrogen-bond acceptors (Lipinski definition) is 2. The maximum Gasteiger partial charge on any atom is 0.222 e. The number of carbonyl (C=O) groups is 1. The van der Waals surface area contributed by atoms with Crippen LogP contribution in [0.2, 0.25) is 0 Å². The molecule has 0 atom stereocenters. The van der Waals surface area contributed by atoms with Crippen molar-refractivity contribution in [1.29, 1.82) is 0 Å². The molecule has 0 aromatic rings. The van der Waals surface area contributed by atoms with Crippen LogP contribution in [0.4, 0.5) is 0 Å². The van der Waals surface area contributed by atoms with Gasteiger partial charge in [-0.25, -0.2) is 0 Å². The van der Waals surface area contributed by atoms with E-state index in [4.69, 9.17) is 4.74 Å². The quantitative estimate of drug-likeness (QED) is 0.551. The first-order valence-electron chi connectivity index (χ1n) is 4.20. The Kier molecular flexibility index (Phi) is 1.60. The number of amides is 1. The van der Waals surface area contributed by atoms with Gasteiger partial charge in [0.05, 0.1) is 18.8 Å². The van der Waals surface area contributed by atoms with Crippen LogP contribution in [0.15, 0.2) is 0 Å². The van der Waals surface area contributed by atoms with Crippen molar-refractivity contribution in [3.05, 3.63) is 0 Å². The van der Waals surface area contributed by atoms with Crippen LogP contribution in [0.5, 0.6) is 0 Å². The molecule has 1 saturated heterocycles. The van der Waals surface area contributed by atoms with E-state index in [-0.39, 0.29) is 11.4 Å². The van der Waals surface area contributed by atoms with Crippen LogP contribution in [-0.4, -0.2) is 24.7 Å². The summed E-state index contributed by atoms with van der Waals surface area (Å²) in [5, 5.41) is 3.03. The first-order valence-corrected chi connectivity index (χ1v) is 4.20. The van der Waals surface area contributed by atoms with Crippen LogP contribution >= 0.6 is 0 Å². The lowest BCUT2D eigenvalue weighted by Gasteiger charge is -2.40. The van der Waals surface area contributed by atoms with Gasteiger partial charge in [-0.05, 0) is 19.3 Å². The molecule has 0 unspecified atom stereocenters. The molecule has 1 aliphatic carbocycles. The summed E-state index contributed by atoms with van der Waals surface area (Å²) in [6, 6.07) is 0. The van der Waals surface area contributed by atoms with Gasteiger partial charge in [0.1, 0.15) is 0 Å². The van der Waals surface area contributed by atoms with Crippen molar-refractivity contribution in [2.45, 2.75) is 31.2 Å². The summed E-state index contributed by atoms with van der Waals surface area (Å²) < 4.78 is 5.34. The minimum Gasteiger partial charge on any atom is -0.378 e. The summed E-state index contributed by atoms with van der Waals surface area (Å²) in [7, 11) is 0. The van der Waals surface area contributed by atoms with Gasteiger partial charge in [0.25, 0.3) is 0 Å². The van der Waals surface area contributed by atoms with E-state index >= 15 is 0 Å². The van der Waals surface area contributed by atoms with E-state index in [1.54, 1.807) is 0 Å². The van der Waals surface area contributed by atoms with Gasteiger partial charge in [-0.2, -0.15) is 0 Å². The minimum atomic E-state index is 0.0353. The molecule has 1 aliphatic heterocycles. The fourth-order valence-corrected chi connectivity index (χ4v) is 1.70. The van der Waals surface area contributed by atoms with Gasteiger partial charge in [-0.15, -0.1) is 0 Å². The summed E-state index contributed by atoms with van der Waals surface area (Å²) in [4.78, 5) is 11.1. The first kappa shape index (κ1) is 7.10. The first-order chi connectivity index (χ1) is 5.31. The van der Waals surface area contributed by atoms with Gasteiger partial charge in [0.2, 0.25) is 5.91 Å². The second kappa shape index (κ2) is 2.48. The maximum absolute atomic E-state index is 11.1. The molecular weight excluding hydrogens is 142 g/mol. The standard InChI is InChI=1S/C8H13NO2/c10-7-2-5-11-6-8(9-7)3-1-4-8/h1-6H2,(H,9,10). The average molecular weight is 155 g/mol. The molecule has 2 fully saturated rings. The highest BCUT2D eigenvalue weighted by Gasteiger charge is 2.39. The Morgan fingerprint density at radius 2 is 2.27 bits per heavy atom. The highest BCUT2D eigenvalue weighted by Crippen LogP contribution is 2.32. The molecule has 2 aliphatic rings. The van der Waals surface area contributed by atoms with Gasteiger partial charge >= 0.3 is 0 Å². The van der Waals surface area contributed by atoms with Crippen LogP contribution in [-0.2, 0) is 9.53 Å². The van der Waals surface area contributed by atoms with Crippen molar-refractivity contribution in [2.75, 3.05) is 13.2 Å². The van der Waals surface area contributed by atoms with Crippen LogP contribution < -0.4 is 5.32 Å². The monoisotopic (exact) mass is 155 g/mol. The Balaban J connectivity index is 2.03. The molecule has 0 aromatic heterocycles. The molecule has 1 N–H and O–H groups in total. The molecule has 62 valence electrons. The number of nitrogens with one attached hydrogen (secondary N) is 1. The third-order valence-corrected chi connectivity index (χ3v) is 2.57. The van der Waals surface area contributed by atoms with E-state index in [0.717, 1.165) is 19.4 Å². The number of carbonyl (C=O) groups excluding carboxylic acids is 1. The van der Waals surface area contributed by atoms with Crippen molar-refractivity contribution in [3.8, 4) is 0 Å². The van der Waals surface area contributed by atoms with Crippen molar-refractivity contribution in [2.24, 2.45) is 0 Å². The summed E-state index contributed by atoms with van der Waals surface area (Å²) in [6.07, 6.45) is 3.95. The molecule has 11 heavy (non-hydrogen) atoms. The van der Waals surface area contributed by atoms with Crippen LogP contribution in [0, 0.1) is 0 Å². The Hall–Kier alpha value is -0.570. The van der Waals surface area contributed by atoms with Gasteiger partial charge in [0, 0.05) is 6.42 Å². The molecule has 1 heterocycles. The number of rotatable bonds is 0. The number of hydrogen-bond donors (Lipinski definition) is 1. The molecule has 0 bridgehead atoms. The van der Waals surface area contributed by atoms with E-state index in [2.05, 4.69) is 5.32 Å². The Morgan fingerprint density at radius 3 is 2.91 bits per heavy atom. The fourth-order valence-electron chi connectivity index (χ4n) is 1.70. The molecular formula is C8H13NO2. The summed E-state index contributed by atoms with van der Waals surface area (Å²) in [6.45, 7) is 1.31. The zero-order valence-electron chi connectivity index (χ0n) is 6.56. The third-order valence-electron chi connectivity index (χ3n) is 2.57. The van der Waals surface area contributed by atoms with Crippen molar-refractivity contribution in [1.82, 2.24) is 5.32 Å². The van der Waals surface area contributed by atoms with Gasteiger partial charge in [-0.3, -0.25) is 4.79 Å². The Labute approximate surface area is 66.1 Å². The van der Waals surface area contributed by atoms with Crippen LogP contribution in [0.25, 0.3) is 0 Å². The maximum atomic E-state index is 11.1. The highest BCUT2D eigenvalue weighted by atomic mass is 16.5. The van der Waals surface area contributed by atoms with E-state index in [1.807, 2.05) is 0 Å². The van der Waals surface area contributed by atoms with Gasteiger partial charge < -0.3 is 10.1 Å². The smallest absolute Gasteiger partial charge is 0.222 e. The zero-order chi connectivity index (χ0) is 7.73. The van der Waals surface area contributed by atoms with Crippen LogP contribution in [0.1, 0.15) is 25.7 Å². The second-order valence-corrected chi connectivity index (χ2v) is 3.48. The molecule has 2 rings (SSSR count). The lowest BCUT2D eigenvalue weighted by molar-refractivity contribution is -0.123. The van der Waals surface area contributed by atoms with Crippen molar-refractivity contribution >= 4 is 5.91 Å². The number of ether oxygens (including phenoxy) is 1. The van der Waals surface area contributed by atoms with E-state index in [9.17, 15) is 4.79 Å². The zero-order valence-corrected chi connectivity index (χ0v) is 6.56. The summed E-state index contributed by atoms with van der Waals surface area (Å²) in [5.74, 6) is 0.155. The molecule has 3 heteroatoms.